The van der Waals surface area contributed by atoms with Crippen LogP contribution >= 0.6 is 0 Å². The van der Waals surface area contributed by atoms with Gasteiger partial charge in [-0.15, -0.1) is 0 Å². The minimum Gasteiger partial charge on any atom is -0.465 e. The Morgan fingerprint density at radius 2 is 1.60 bits per heavy atom. The highest BCUT2D eigenvalue weighted by Gasteiger charge is 2.52. The maximum atomic E-state index is 14.2. The van der Waals surface area contributed by atoms with E-state index in [1.54, 1.807) is 30.3 Å². The summed E-state index contributed by atoms with van der Waals surface area (Å²) >= 11 is 0. The van der Waals surface area contributed by atoms with Crippen LogP contribution in [-0.2, 0) is 25.6 Å². The van der Waals surface area contributed by atoms with Crippen LogP contribution in [0.25, 0.3) is 0 Å². The number of benzene rings is 1. The molecule has 1 heterocycles. The van der Waals surface area contributed by atoms with Gasteiger partial charge in [-0.2, -0.15) is 0 Å². The van der Waals surface area contributed by atoms with Gasteiger partial charge in [0.25, 0.3) is 0 Å². The van der Waals surface area contributed by atoms with Crippen molar-refractivity contribution in [1.29, 1.82) is 0 Å². The highest BCUT2D eigenvalue weighted by Crippen LogP contribution is 2.61. The van der Waals surface area contributed by atoms with Crippen LogP contribution in [0.3, 0.4) is 0 Å². The minimum absolute atomic E-state index is 0.0351. The molecular formula is C36H53N9O7. The van der Waals surface area contributed by atoms with Gasteiger partial charge in [0.15, 0.2) is 5.96 Å². The van der Waals surface area contributed by atoms with Gasteiger partial charge in [0, 0.05) is 19.5 Å². The first-order chi connectivity index (χ1) is 24.9. The first-order valence-corrected chi connectivity index (χ1v) is 18.5. The summed E-state index contributed by atoms with van der Waals surface area (Å²) in [6.45, 7) is 0.386. The van der Waals surface area contributed by atoms with Gasteiger partial charge in [-0.25, -0.2) is 9.59 Å². The van der Waals surface area contributed by atoms with Crippen LogP contribution in [0.4, 0.5) is 9.59 Å². The van der Waals surface area contributed by atoms with Crippen molar-refractivity contribution < 1.29 is 33.9 Å². The Labute approximate surface area is 303 Å². The fourth-order valence-corrected chi connectivity index (χ4v) is 9.13. The Balaban J connectivity index is 1.40. The number of hydrogen-bond acceptors (Lipinski definition) is 8. The zero-order valence-electron chi connectivity index (χ0n) is 29.5. The summed E-state index contributed by atoms with van der Waals surface area (Å²) in [6, 6.07) is 3.89. The molecule has 7 amide bonds. The second kappa shape index (κ2) is 17.6. The van der Waals surface area contributed by atoms with Gasteiger partial charge in [-0.3, -0.25) is 29.5 Å². The molecule has 4 aliphatic carbocycles. The van der Waals surface area contributed by atoms with Gasteiger partial charge >= 0.3 is 12.1 Å². The summed E-state index contributed by atoms with van der Waals surface area (Å²) < 4.78 is 0. The lowest BCUT2D eigenvalue weighted by Crippen LogP contribution is -2.60. The van der Waals surface area contributed by atoms with Crippen molar-refractivity contribution in [3.8, 4) is 0 Å². The number of hydrogen-bond donors (Lipinski definition) is 9. The van der Waals surface area contributed by atoms with Gasteiger partial charge in [-0.05, 0) is 106 Å². The minimum atomic E-state index is -1.40. The number of rotatable bonds is 8. The Morgan fingerprint density at radius 3 is 2.23 bits per heavy atom. The number of guanidine groups is 1. The number of nitrogens with one attached hydrogen (secondary N) is 6. The van der Waals surface area contributed by atoms with E-state index < -0.39 is 59.9 Å². The van der Waals surface area contributed by atoms with Crippen molar-refractivity contribution in [2.75, 3.05) is 13.1 Å². The van der Waals surface area contributed by atoms with E-state index in [4.69, 9.17) is 11.5 Å². The van der Waals surface area contributed by atoms with E-state index in [1.165, 1.54) is 19.3 Å². The molecule has 16 heteroatoms. The molecule has 5 aliphatic rings. The molecule has 0 saturated heterocycles. The molecule has 1 aromatic carbocycles. The Hall–Kier alpha value is -4.89. The SMILES string of the molecule is NC(=O)[C@@H]1CCCCNC(=O)NC(N)=NCCC[C@@H](NC(=O)[C@H](Cc2ccccc2)NC(=O)O)C(=O)N[C@@H](CC23CC4CC(CC(C4)C2)C3)C(=O)N1. The fourth-order valence-electron chi connectivity index (χ4n) is 9.13. The first-order valence-electron chi connectivity index (χ1n) is 18.5. The Morgan fingerprint density at radius 1 is 0.923 bits per heavy atom. The summed E-state index contributed by atoms with van der Waals surface area (Å²) in [6.07, 6.45) is 7.00. The largest absolute Gasteiger partial charge is 0.465 e. The number of carbonyl (C=O) groups is 6. The molecule has 1 aromatic rings. The van der Waals surface area contributed by atoms with Crippen molar-refractivity contribution in [3.05, 3.63) is 35.9 Å². The summed E-state index contributed by atoms with van der Waals surface area (Å²) in [5.74, 6) is -0.959. The summed E-state index contributed by atoms with van der Waals surface area (Å²) in [7, 11) is 0. The molecule has 16 nitrogen and oxygen atoms in total. The zero-order chi connectivity index (χ0) is 37.3. The third kappa shape index (κ3) is 10.8. The molecule has 284 valence electrons. The topological polar surface area (TPSA) is 259 Å². The Kier molecular flexibility index (Phi) is 12.9. The molecular weight excluding hydrogens is 670 g/mol. The zero-order valence-corrected chi connectivity index (χ0v) is 29.5. The van der Waals surface area contributed by atoms with E-state index in [1.807, 2.05) is 0 Å². The van der Waals surface area contributed by atoms with E-state index in [2.05, 4.69) is 36.9 Å². The second-order valence-corrected chi connectivity index (χ2v) is 15.2. The number of amides is 7. The van der Waals surface area contributed by atoms with Crippen LogP contribution in [-0.4, -0.2) is 84.1 Å². The summed E-state index contributed by atoms with van der Waals surface area (Å²) in [5.41, 5.74) is 12.2. The third-order valence-electron chi connectivity index (χ3n) is 11.0. The fraction of sp³-hybridized carbons (Fsp3) is 0.639. The molecule has 11 N–H and O–H groups in total. The normalized spacial score (nSPS) is 30.8. The number of nitrogens with zero attached hydrogens (tertiary/aromatic N) is 1. The molecule has 0 unspecified atom stereocenters. The predicted octanol–water partition coefficient (Wildman–Crippen LogP) is 0.990. The molecule has 0 radical (unpaired) electrons. The number of carbonyl (C=O) groups excluding carboxylic acids is 5. The van der Waals surface area contributed by atoms with Crippen LogP contribution in [0.1, 0.15) is 82.6 Å². The van der Waals surface area contributed by atoms with Gasteiger partial charge < -0.3 is 43.2 Å². The average Bonchev–Trinajstić information content (AvgIpc) is 3.07. The van der Waals surface area contributed by atoms with Crippen molar-refractivity contribution >= 4 is 41.7 Å². The average molecular weight is 724 g/mol. The van der Waals surface area contributed by atoms with E-state index >= 15 is 0 Å². The third-order valence-corrected chi connectivity index (χ3v) is 11.0. The number of aliphatic imine (C=N–C) groups is 1. The number of urea groups is 1. The van der Waals surface area contributed by atoms with Gasteiger partial charge in [0.05, 0.1) is 0 Å². The standard InChI is InChI=1S/C36H53N9O7/c37-29(46)25-9-4-5-11-40-34(50)45-33(38)39-12-6-10-26(42-31(48)27(44-35(51)52)16-21-7-2-1-3-8-21)30(47)43-28(32(49)41-25)20-36-17-22-13-23(18-36)15-24(14-22)19-36/h1-3,7-8,22-28,44H,4-6,9-20H2,(H2,37,46)(H,41,49)(H,42,48)(H,43,47)(H,51,52)(H4,38,39,40,45,50)/t22?,23?,24?,25-,26+,27-,28-,36?/m0/s1. The molecule has 52 heavy (non-hydrogen) atoms. The number of carboxylic acid groups (broad SMARTS) is 1. The molecule has 4 fully saturated rings. The lowest BCUT2D eigenvalue weighted by molar-refractivity contribution is -0.136. The highest BCUT2D eigenvalue weighted by molar-refractivity contribution is 5.96. The first kappa shape index (κ1) is 38.3. The van der Waals surface area contributed by atoms with Gasteiger partial charge in [0.2, 0.25) is 23.6 Å². The van der Waals surface area contributed by atoms with Crippen LogP contribution in [0.15, 0.2) is 35.3 Å². The van der Waals surface area contributed by atoms with Crippen LogP contribution in [0.2, 0.25) is 0 Å². The van der Waals surface area contributed by atoms with Crippen LogP contribution in [0.5, 0.6) is 0 Å². The monoisotopic (exact) mass is 723 g/mol. The van der Waals surface area contributed by atoms with Crippen molar-refractivity contribution in [1.82, 2.24) is 31.9 Å². The van der Waals surface area contributed by atoms with Crippen molar-refractivity contribution in [2.24, 2.45) is 39.6 Å². The molecule has 4 saturated carbocycles. The van der Waals surface area contributed by atoms with E-state index in [-0.39, 0.29) is 50.1 Å². The number of nitrogens with two attached hydrogens (primary N) is 2. The summed E-state index contributed by atoms with van der Waals surface area (Å²) in [4.78, 5) is 82.6. The molecule has 0 aromatic heterocycles. The van der Waals surface area contributed by atoms with Crippen molar-refractivity contribution in [3.63, 3.8) is 0 Å². The molecule has 6 rings (SSSR count). The van der Waals surface area contributed by atoms with E-state index in [0.717, 1.165) is 19.3 Å². The van der Waals surface area contributed by atoms with Crippen molar-refractivity contribution in [2.45, 2.75) is 108 Å². The predicted molar refractivity (Wildman–Crippen MR) is 191 cm³/mol. The molecule has 4 bridgehead atoms. The molecule has 0 spiro atoms. The van der Waals surface area contributed by atoms with Gasteiger partial charge in [0.1, 0.15) is 24.2 Å². The Bertz CT molecular complexity index is 1470. The molecule has 4 atom stereocenters. The quantitative estimate of drug-likeness (QED) is 0.186. The maximum absolute atomic E-state index is 14.2. The summed E-state index contributed by atoms with van der Waals surface area (Å²) in [5, 5.41) is 25.3. The van der Waals surface area contributed by atoms with Crippen LogP contribution in [0, 0.1) is 23.2 Å². The second-order valence-electron chi connectivity index (χ2n) is 15.2. The van der Waals surface area contributed by atoms with Gasteiger partial charge in [-0.1, -0.05) is 30.3 Å². The molecule has 1 aliphatic heterocycles. The number of primary amides is 1. The maximum Gasteiger partial charge on any atom is 0.405 e. The van der Waals surface area contributed by atoms with E-state index in [0.29, 0.717) is 42.6 Å². The lowest BCUT2D eigenvalue weighted by atomic mass is 9.48. The smallest absolute Gasteiger partial charge is 0.405 e. The van der Waals surface area contributed by atoms with Crippen LogP contribution < -0.4 is 43.4 Å². The lowest BCUT2D eigenvalue weighted by Gasteiger charge is -2.57. The van der Waals surface area contributed by atoms with E-state index in [9.17, 15) is 33.9 Å². The highest BCUT2D eigenvalue weighted by atomic mass is 16.4.